The number of pyridine rings is 1. The standard InChI is InChI=1S/C25H25N5/c1-15-9-19(20-10-16(2)25-27-14-28-30(25)13-20)12-23-24(15)21-11-18(3-4-22(21)29-23)17-5-7-26-8-6-17/h3-4,9-14,17,26,29H,5-8H2,1-2H3. The lowest BCUT2D eigenvalue weighted by molar-refractivity contribution is 0.460. The van der Waals surface area contributed by atoms with Crippen molar-refractivity contribution in [3.8, 4) is 11.1 Å². The molecule has 0 saturated carbocycles. The van der Waals surface area contributed by atoms with Crippen molar-refractivity contribution in [2.24, 2.45) is 0 Å². The number of piperidine rings is 1. The molecule has 150 valence electrons. The van der Waals surface area contributed by atoms with Gasteiger partial charge in [0.05, 0.1) is 0 Å². The number of aromatic nitrogens is 4. The van der Waals surface area contributed by atoms with Gasteiger partial charge in [-0.2, -0.15) is 5.10 Å². The molecule has 0 spiro atoms. The fourth-order valence-electron chi connectivity index (χ4n) is 5.09. The molecule has 0 atom stereocenters. The molecular formula is C25H25N5. The first-order valence-electron chi connectivity index (χ1n) is 10.7. The molecule has 1 fully saturated rings. The zero-order valence-corrected chi connectivity index (χ0v) is 17.4. The molecule has 1 saturated heterocycles. The molecule has 30 heavy (non-hydrogen) atoms. The Bertz CT molecular complexity index is 1400. The Morgan fingerprint density at radius 1 is 0.933 bits per heavy atom. The summed E-state index contributed by atoms with van der Waals surface area (Å²) in [6.45, 7) is 6.55. The third-order valence-corrected chi connectivity index (χ3v) is 6.62. The quantitative estimate of drug-likeness (QED) is 0.436. The molecule has 2 N–H and O–H groups in total. The number of fused-ring (bicyclic) bond motifs is 4. The second-order valence-corrected chi connectivity index (χ2v) is 8.61. The molecular weight excluding hydrogens is 370 g/mol. The highest BCUT2D eigenvalue weighted by Crippen LogP contribution is 2.35. The van der Waals surface area contributed by atoms with E-state index in [0.717, 1.165) is 29.9 Å². The maximum Gasteiger partial charge on any atom is 0.158 e. The predicted octanol–water partition coefficient (Wildman–Crippen LogP) is 5.11. The van der Waals surface area contributed by atoms with Gasteiger partial charge in [0, 0.05) is 33.6 Å². The van der Waals surface area contributed by atoms with Crippen LogP contribution >= 0.6 is 0 Å². The highest BCUT2D eigenvalue weighted by Gasteiger charge is 2.17. The van der Waals surface area contributed by atoms with E-state index in [1.54, 1.807) is 6.33 Å². The minimum atomic E-state index is 0.664. The summed E-state index contributed by atoms with van der Waals surface area (Å²) in [5.74, 6) is 0.664. The van der Waals surface area contributed by atoms with Crippen molar-refractivity contribution in [1.82, 2.24) is 24.9 Å². The van der Waals surface area contributed by atoms with Crippen LogP contribution in [0.2, 0.25) is 0 Å². The van der Waals surface area contributed by atoms with E-state index in [9.17, 15) is 0 Å². The fourth-order valence-corrected chi connectivity index (χ4v) is 5.09. The molecule has 5 heteroatoms. The van der Waals surface area contributed by atoms with E-state index in [0.29, 0.717) is 5.92 Å². The number of aromatic amines is 1. The number of rotatable bonds is 2. The maximum absolute atomic E-state index is 4.34. The van der Waals surface area contributed by atoms with Crippen LogP contribution < -0.4 is 5.32 Å². The van der Waals surface area contributed by atoms with Crippen molar-refractivity contribution >= 4 is 27.5 Å². The highest BCUT2D eigenvalue weighted by molar-refractivity contribution is 6.10. The molecule has 5 nitrogen and oxygen atoms in total. The van der Waals surface area contributed by atoms with Gasteiger partial charge in [-0.25, -0.2) is 9.50 Å². The first-order valence-corrected chi connectivity index (χ1v) is 10.7. The van der Waals surface area contributed by atoms with Crippen LogP contribution in [0.15, 0.2) is 48.9 Å². The number of nitrogens with zero attached hydrogens (tertiary/aromatic N) is 3. The molecule has 0 radical (unpaired) electrons. The summed E-state index contributed by atoms with van der Waals surface area (Å²) in [6, 6.07) is 13.8. The summed E-state index contributed by atoms with van der Waals surface area (Å²) in [6.07, 6.45) is 6.12. The number of hydrogen-bond acceptors (Lipinski definition) is 3. The molecule has 0 amide bonds. The summed E-state index contributed by atoms with van der Waals surface area (Å²) in [7, 11) is 0. The average molecular weight is 396 g/mol. The lowest BCUT2D eigenvalue weighted by Crippen LogP contribution is -2.26. The number of hydrogen-bond donors (Lipinski definition) is 2. The fraction of sp³-hybridized carbons (Fsp3) is 0.280. The first kappa shape index (κ1) is 17.7. The van der Waals surface area contributed by atoms with Gasteiger partial charge in [-0.3, -0.25) is 0 Å². The van der Waals surface area contributed by atoms with Crippen LogP contribution in [0.4, 0.5) is 0 Å². The molecule has 3 aromatic heterocycles. The van der Waals surface area contributed by atoms with Gasteiger partial charge in [-0.1, -0.05) is 12.1 Å². The summed E-state index contributed by atoms with van der Waals surface area (Å²) in [4.78, 5) is 8.00. The van der Waals surface area contributed by atoms with Crippen molar-refractivity contribution in [2.75, 3.05) is 13.1 Å². The third-order valence-electron chi connectivity index (χ3n) is 6.62. The van der Waals surface area contributed by atoms with Gasteiger partial charge in [-0.05, 0) is 92.2 Å². The second-order valence-electron chi connectivity index (χ2n) is 8.61. The summed E-state index contributed by atoms with van der Waals surface area (Å²) < 4.78 is 1.86. The van der Waals surface area contributed by atoms with Gasteiger partial charge in [-0.15, -0.1) is 0 Å². The van der Waals surface area contributed by atoms with E-state index < -0.39 is 0 Å². The average Bonchev–Trinajstić information content (AvgIpc) is 3.38. The molecule has 5 aromatic rings. The van der Waals surface area contributed by atoms with Crippen LogP contribution in [0.1, 0.15) is 35.4 Å². The van der Waals surface area contributed by atoms with Crippen molar-refractivity contribution in [3.63, 3.8) is 0 Å². The van der Waals surface area contributed by atoms with E-state index in [1.807, 2.05) is 4.52 Å². The van der Waals surface area contributed by atoms with Gasteiger partial charge >= 0.3 is 0 Å². The maximum atomic E-state index is 4.34. The molecule has 0 aliphatic carbocycles. The number of benzene rings is 2. The Labute approximate surface area is 175 Å². The zero-order valence-electron chi connectivity index (χ0n) is 17.4. The Hall–Kier alpha value is -3.18. The molecule has 2 aromatic carbocycles. The Morgan fingerprint density at radius 2 is 1.77 bits per heavy atom. The second kappa shape index (κ2) is 6.67. The van der Waals surface area contributed by atoms with Gasteiger partial charge < -0.3 is 10.3 Å². The third kappa shape index (κ3) is 2.73. The van der Waals surface area contributed by atoms with Crippen LogP contribution in [-0.4, -0.2) is 32.7 Å². The number of H-pyrrole nitrogens is 1. The molecule has 4 heterocycles. The summed E-state index contributed by atoms with van der Waals surface area (Å²) >= 11 is 0. The lowest BCUT2D eigenvalue weighted by Gasteiger charge is -2.23. The van der Waals surface area contributed by atoms with Gasteiger partial charge in [0.15, 0.2) is 5.65 Å². The SMILES string of the molecule is Cc1cc(-c2cc(C)c3ncnn3c2)cc2[nH]c3ccc(C4CCNCC4)cc3c12. The van der Waals surface area contributed by atoms with Crippen LogP contribution in [0.5, 0.6) is 0 Å². The molecule has 1 aliphatic rings. The lowest BCUT2D eigenvalue weighted by atomic mass is 9.89. The zero-order chi connectivity index (χ0) is 20.2. The predicted molar refractivity (Wildman–Crippen MR) is 122 cm³/mol. The minimum Gasteiger partial charge on any atom is -0.354 e. The largest absolute Gasteiger partial charge is 0.354 e. The van der Waals surface area contributed by atoms with E-state index in [1.165, 1.54) is 51.3 Å². The molecule has 6 rings (SSSR count). The monoisotopic (exact) mass is 395 g/mol. The van der Waals surface area contributed by atoms with Crippen molar-refractivity contribution in [3.05, 3.63) is 65.6 Å². The molecule has 1 aliphatic heterocycles. The van der Waals surface area contributed by atoms with Crippen molar-refractivity contribution < 1.29 is 0 Å². The minimum absolute atomic E-state index is 0.664. The van der Waals surface area contributed by atoms with E-state index in [-0.39, 0.29) is 0 Å². The Kier molecular flexibility index (Phi) is 3.93. The molecule has 0 unspecified atom stereocenters. The van der Waals surface area contributed by atoms with Crippen LogP contribution in [0.3, 0.4) is 0 Å². The number of nitrogens with one attached hydrogen (secondary N) is 2. The van der Waals surface area contributed by atoms with Crippen LogP contribution in [0, 0.1) is 13.8 Å². The van der Waals surface area contributed by atoms with Crippen molar-refractivity contribution in [1.29, 1.82) is 0 Å². The summed E-state index contributed by atoms with van der Waals surface area (Å²) in [5.41, 5.74) is 9.58. The van der Waals surface area contributed by atoms with Gasteiger partial charge in [0.25, 0.3) is 0 Å². The highest BCUT2D eigenvalue weighted by atomic mass is 15.3. The molecule has 0 bridgehead atoms. The van der Waals surface area contributed by atoms with Crippen molar-refractivity contribution in [2.45, 2.75) is 32.6 Å². The van der Waals surface area contributed by atoms with Crippen LogP contribution in [0.25, 0.3) is 38.6 Å². The first-order chi connectivity index (χ1) is 14.7. The topological polar surface area (TPSA) is 58.0 Å². The van der Waals surface area contributed by atoms with E-state index in [4.69, 9.17) is 0 Å². The Balaban J connectivity index is 1.50. The van der Waals surface area contributed by atoms with E-state index in [2.05, 4.69) is 76.8 Å². The summed E-state index contributed by atoms with van der Waals surface area (Å²) in [5, 5.41) is 10.5. The normalized spacial score (nSPS) is 15.5. The number of aryl methyl sites for hydroxylation is 2. The van der Waals surface area contributed by atoms with Gasteiger partial charge in [0.2, 0.25) is 0 Å². The van der Waals surface area contributed by atoms with Gasteiger partial charge in [0.1, 0.15) is 6.33 Å². The van der Waals surface area contributed by atoms with E-state index >= 15 is 0 Å². The Morgan fingerprint density at radius 3 is 2.63 bits per heavy atom. The smallest absolute Gasteiger partial charge is 0.158 e. The van der Waals surface area contributed by atoms with Crippen LogP contribution in [-0.2, 0) is 0 Å².